The highest BCUT2D eigenvalue weighted by Crippen LogP contribution is 2.24. The van der Waals surface area contributed by atoms with E-state index >= 15 is 0 Å². The maximum absolute atomic E-state index is 11.8. The fourth-order valence-corrected chi connectivity index (χ4v) is 2.42. The molecule has 0 saturated heterocycles. The lowest BCUT2D eigenvalue weighted by Gasteiger charge is -2.17. The van der Waals surface area contributed by atoms with Gasteiger partial charge in [0, 0.05) is 13.1 Å². The summed E-state index contributed by atoms with van der Waals surface area (Å²) in [6.07, 6.45) is 1.64. The van der Waals surface area contributed by atoms with Crippen molar-refractivity contribution in [3.63, 3.8) is 0 Å². The van der Waals surface area contributed by atoms with E-state index in [9.17, 15) is 4.79 Å². The predicted molar refractivity (Wildman–Crippen MR) is 86.8 cm³/mol. The fraction of sp³-hybridized carbons (Fsp3) is 0.333. The van der Waals surface area contributed by atoms with E-state index in [4.69, 9.17) is 4.74 Å². The zero-order valence-electron chi connectivity index (χ0n) is 12.3. The van der Waals surface area contributed by atoms with Crippen molar-refractivity contribution in [3.05, 3.63) is 50.9 Å². The van der Waals surface area contributed by atoms with E-state index in [-0.39, 0.29) is 11.6 Å². The molecule has 1 heterocycles. The number of ether oxygens (including phenoxy) is 1. The molecule has 0 aliphatic rings. The minimum atomic E-state index is -0.168. The van der Waals surface area contributed by atoms with Crippen LogP contribution in [0.1, 0.15) is 25.5 Å². The molecule has 1 N–H and O–H groups in total. The van der Waals surface area contributed by atoms with Crippen molar-refractivity contribution < 1.29 is 4.74 Å². The van der Waals surface area contributed by atoms with Gasteiger partial charge in [-0.15, -0.1) is 0 Å². The Labute approximate surface area is 132 Å². The minimum Gasteiger partial charge on any atom is -0.494 e. The third kappa shape index (κ3) is 3.64. The molecule has 0 bridgehead atoms. The molecule has 0 aliphatic carbocycles. The molecule has 2 aromatic rings. The molecule has 0 saturated carbocycles. The van der Waals surface area contributed by atoms with E-state index in [0.29, 0.717) is 16.8 Å². The summed E-state index contributed by atoms with van der Waals surface area (Å²) < 4.78 is 7.20. The average Bonchev–Trinajstić information content (AvgIpc) is 2.49. The smallest absolute Gasteiger partial charge is 0.282 e. The molecule has 1 aromatic heterocycles. The molecule has 0 aliphatic heterocycles. The fourth-order valence-electron chi connectivity index (χ4n) is 1.95. The number of benzene rings is 1. The summed E-state index contributed by atoms with van der Waals surface area (Å²) in [5.74, 6) is 0.852. The molecule has 0 radical (unpaired) electrons. The first-order valence-electron chi connectivity index (χ1n) is 6.74. The second-order valence-electron chi connectivity index (χ2n) is 4.67. The number of nitrogens with zero attached hydrogens (tertiary/aromatic N) is 2. The maximum atomic E-state index is 11.8. The number of aromatic nitrogens is 2. The Morgan fingerprint density at radius 3 is 2.67 bits per heavy atom. The van der Waals surface area contributed by atoms with Crippen molar-refractivity contribution in [2.45, 2.75) is 19.9 Å². The molecule has 2 rings (SSSR count). The van der Waals surface area contributed by atoms with Crippen molar-refractivity contribution >= 4 is 21.6 Å². The van der Waals surface area contributed by atoms with Crippen LogP contribution in [0.2, 0.25) is 0 Å². The molecular weight excluding hydrogens is 334 g/mol. The van der Waals surface area contributed by atoms with Gasteiger partial charge in [0.1, 0.15) is 10.2 Å². The van der Waals surface area contributed by atoms with Gasteiger partial charge in [0.05, 0.1) is 18.5 Å². The van der Waals surface area contributed by atoms with Gasteiger partial charge in [0.2, 0.25) is 0 Å². The Balaban J connectivity index is 2.16. The van der Waals surface area contributed by atoms with Gasteiger partial charge in [0.25, 0.3) is 5.56 Å². The molecule has 21 heavy (non-hydrogen) atoms. The first kappa shape index (κ1) is 15.6. The number of anilines is 1. The number of hydrogen-bond acceptors (Lipinski definition) is 4. The van der Waals surface area contributed by atoms with Crippen LogP contribution in [0.3, 0.4) is 0 Å². The molecule has 1 aromatic carbocycles. The van der Waals surface area contributed by atoms with Crippen LogP contribution in [0.25, 0.3) is 0 Å². The van der Waals surface area contributed by atoms with Gasteiger partial charge in [0.15, 0.2) is 0 Å². The Hall–Kier alpha value is -1.82. The van der Waals surface area contributed by atoms with Crippen LogP contribution >= 0.6 is 15.9 Å². The highest BCUT2D eigenvalue weighted by molar-refractivity contribution is 9.10. The summed E-state index contributed by atoms with van der Waals surface area (Å²) >= 11 is 3.31. The molecule has 6 heteroatoms. The number of halogens is 1. The van der Waals surface area contributed by atoms with E-state index in [2.05, 4.69) is 26.3 Å². The second kappa shape index (κ2) is 6.76. The molecule has 1 atom stereocenters. The average molecular weight is 352 g/mol. The van der Waals surface area contributed by atoms with Crippen LogP contribution < -0.4 is 15.6 Å². The monoisotopic (exact) mass is 351 g/mol. The zero-order chi connectivity index (χ0) is 15.4. The Kier molecular flexibility index (Phi) is 5.01. The van der Waals surface area contributed by atoms with Gasteiger partial charge in [-0.25, -0.2) is 4.68 Å². The van der Waals surface area contributed by atoms with Crippen molar-refractivity contribution in [1.82, 2.24) is 9.78 Å². The van der Waals surface area contributed by atoms with Gasteiger partial charge in [-0.3, -0.25) is 4.79 Å². The lowest BCUT2D eigenvalue weighted by molar-refractivity contribution is 0.340. The van der Waals surface area contributed by atoms with Gasteiger partial charge in [-0.2, -0.15) is 5.10 Å². The highest BCUT2D eigenvalue weighted by Gasteiger charge is 2.11. The van der Waals surface area contributed by atoms with Crippen LogP contribution in [-0.4, -0.2) is 16.4 Å². The van der Waals surface area contributed by atoms with Crippen molar-refractivity contribution in [1.29, 1.82) is 0 Å². The molecule has 1 unspecified atom stereocenters. The summed E-state index contributed by atoms with van der Waals surface area (Å²) in [5.41, 5.74) is 1.62. The van der Waals surface area contributed by atoms with Crippen molar-refractivity contribution in [2.24, 2.45) is 7.05 Å². The van der Waals surface area contributed by atoms with Gasteiger partial charge >= 0.3 is 0 Å². The standard InChI is InChI=1S/C15H18BrN3O2/c1-4-21-12-7-5-11(6-8-12)10(2)18-13-9-17-19(3)15(20)14(13)16/h5-10,18H,4H2,1-3H3. The largest absolute Gasteiger partial charge is 0.494 e. The first-order chi connectivity index (χ1) is 10.0. The number of nitrogens with one attached hydrogen (secondary N) is 1. The third-order valence-corrected chi connectivity index (χ3v) is 3.91. The topological polar surface area (TPSA) is 56.1 Å². The van der Waals surface area contributed by atoms with E-state index in [0.717, 1.165) is 11.3 Å². The van der Waals surface area contributed by atoms with Crippen LogP contribution in [-0.2, 0) is 7.05 Å². The lowest BCUT2D eigenvalue weighted by atomic mass is 10.1. The normalized spacial score (nSPS) is 12.0. The molecule has 112 valence electrons. The van der Waals surface area contributed by atoms with Crippen LogP contribution in [0, 0.1) is 0 Å². The summed E-state index contributed by atoms with van der Waals surface area (Å²) in [6, 6.07) is 7.93. The number of aryl methyl sites for hydroxylation is 1. The molecule has 0 amide bonds. The first-order valence-corrected chi connectivity index (χ1v) is 7.53. The summed E-state index contributed by atoms with van der Waals surface area (Å²) in [5, 5.41) is 7.30. The van der Waals surface area contributed by atoms with E-state index in [1.165, 1.54) is 4.68 Å². The molecule has 5 nitrogen and oxygen atoms in total. The Morgan fingerprint density at radius 2 is 2.05 bits per heavy atom. The predicted octanol–water partition coefficient (Wildman–Crippen LogP) is 3.11. The lowest BCUT2D eigenvalue weighted by Crippen LogP contribution is -2.22. The van der Waals surface area contributed by atoms with E-state index in [1.54, 1.807) is 13.2 Å². The zero-order valence-corrected chi connectivity index (χ0v) is 13.8. The Bertz CT molecular complexity index is 668. The van der Waals surface area contributed by atoms with Crippen molar-refractivity contribution in [3.8, 4) is 5.75 Å². The summed E-state index contributed by atoms with van der Waals surface area (Å²) in [6.45, 7) is 4.64. The number of hydrogen-bond donors (Lipinski definition) is 1. The SMILES string of the molecule is CCOc1ccc(C(C)Nc2cnn(C)c(=O)c2Br)cc1. The highest BCUT2D eigenvalue weighted by atomic mass is 79.9. The van der Waals surface area contributed by atoms with Gasteiger partial charge in [-0.05, 0) is 47.5 Å². The quantitative estimate of drug-likeness (QED) is 0.898. The summed E-state index contributed by atoms with van der Waals surface area (Å²) in [7, 11) is 1.62. The van der Waals surface area contributed by atoms with Crippen LogP contribution in [0.5, 0.6) is 5.75 Å². The second-order valence-corrected chi connectivity index (χ2v) is 5.46. The summed E-state index contributed by atoms with van der Waals surface area (Å²) in [4.78, 5) is 11.8. The van der Waals surface area contributed by atoms with Gasteiger partial charge in [-0.1, -0.05) is 12.1 Å². The van der Waals surface area contributed by atoms with Crippen molar-refractivity contribution in [2.75, 3.05) is 11.9 Å². The number of rotatable bonds is 5. The molecular formula is C15H18BrN3O2. The molecule has 0 spiro atoms. The van der Waals surface area contributed by atoms with Crippen LogP contribution in [0.15, 0.2) is 39.7 Å². The Morgan fingerprint density at radius 1 is 1.38 bits per heavy atom. The minimum absolute atomic E-state index is 0.0471. The third-order valence-electron chi connectivity index (χ3n) is 3.14. The van der Waals surface area contributed by atoms with Crippen LogP contribution in [0.4, 0.5) is 5.69 Å². The maximum Gasteiger partial charge on any atom is 0.282 e. The van der Waals surface area contributed by atoms with Gasteiger partial charge < -0.3 is 10.1 Å². The molecule has 0 fully saturated rings. The van der Waals surface area contributed by atoms with E-state index in [1.807, 2.05) is 38.1 Å². The van der Waals surface area contributed by atoms with E-state index < -0.39 is 0 Å².